The molecule has 4 aliphatic rings. The van der Waals surface area contributed by atoms with Gasteiger partial charge < -0.3 is 24.2 Å². The molecule has 1 aromatic carbocycles. The summed E-state index contributed by atoms with van der Waals surface area (Å²) >= 11 is 0. The van der Waals surface area contributed by atoms with Crippen LogP contribution in [0.3, 0.4) is 0 Å². The maximum absolute atomic E-state index is 13.4. The summed E-state index contributed by atoms with van der Waals surface area (Å²) in [4.78, 5) is 52.4. The molecule has 5 rings (SSSR count). The molecule has 11 heteroatoms. The number of amides is 3. The number of morpholine rings is 1. The van der Waals surface area contributed by atoms with E-state index >= 15 is 0 Å². The lowest BCUT2D eigenvalue weighted by molar-refractivity contribution is -0.151. The van der Waals surface area contributed by atoms with Crippen LogP contribution in [0.4, 0.5) is 4.79 Å². The lowest BCUT2D eigenvalue weighted by Gasteiger charge is -2.39. The molecule has 2 saturated heterocycles. The number of allylic oxidation sites excluding steroid dienone is 1. The smallest absolute Gasteiger partial charge is 0.328 e. The number of guanidine groups is 1. The van der Waals surface area contributed by atoms with Crippen LogP contribution in [0.5, 0.6) is 0 Å². The molecule has 4 heterocycles. The summed E-state index contributed by atoms with van der Waals surface area (Å²) < 4.78 is 10.7. The number of imide groups is 1. The fourth-order valence-electron chi connectivity index (χ4n) is 5.01. The van der Waals surface area contributed by atoms with E-state index < -0.39 is 36.7 Å². The Morgan fingerprint density at radius 1 is 1.11 bits per heavy atom. The van der Waals surface area contributed by atoms with Gasteiger partial charge >= 0.3 is 12.0 Å². The molecular formula is C25H32N6O5. The van der Waals surface area contributed by atoms with Gasteiger partial charge in [0, 0.05) is 45.1 Å². The van der Waals surface area contributed by atoms with Crippen molar-refractivity contribution in [2.45, 2.75) is 32.2 Å². The summed E-state index contributed by atoms with van der Waals surface area (Å²) in [6.45, 7) is 6.78. The molecule has 0 saturated carbocycles. The van der Waals surface area contributed by atoms with Crippen molar-refractivity contribution in [3.05, 3.63) is 47.8 Å². The van der Waals surface area contributed by atoms with Gasteiger partial charge in [0.2, 0.25) is 5.96 Å². The summed E-state index contributed by atoms with van der Waals surface area (Å²) in [5.41, 5.74) is 1.83. The quantitative estimate of drug-likeness (QED) is 0.490. The average molecular weight is 497 g/mol. The minimum Gasteiger partial charge on any atom is -0.459 e. The standard InChI is InChI=1S/C25H32N6O5/c1-18-15-30-21-22(26-24(30)29(18)10-6-9-28-11-13-35-14-12-28)27(2)25(34)31(23(21)33)16-20(32)36-17-19-7-4-3-5-8-19/h3-5,7-8,15,21-22H,6,9-14,16-17H2,1-2H3. The Morgan fingerprint density at radius 3 is 2.61 bits per heavy atom. The summed E-state index contributed by atoms with van der Waals surface area (Å²) in [5.74, 6) is -0.409. The molecule has 0 bridgehead atoms. The highest BCUT2D eigenvalue weighted by molar-refractivity contribution is 6.06. The number of likely N-dealkylation sites (N-methyl/N-ethyl adjacent to an activating group) is 1. The fraction of sp³-hybridized carbons (Fsp3) is 0.520. The zero-order chi connectivity index (χ0) is 25.2. The van der Waals surface area contributed by atoms with E-state index in [0.717, 1.165) is 62.0 Å². The van der Waals surface area contributed by atoms with Crippen molar-refractivity contribution >= 4 is 23.9 Å². The summed E-state index contributed by atoms with van der Waals surface area (Å²) in [6.07, 6.45) is 2.21. The highest BCUT2D eigenvalue weighted by Crippen LogP contribution is 2.34. The fourth-order valence-corrected chi connectivity index (χ4v) is 5.01. The van der Waals surface area contributed by atoms with Gasteiger partial charge in [-0.05, 0) is 18.9 Å². The lowest BCUT2D eigenvalue weighted by atomic mass is 10.1. The molecule has 11 nitrogen and oxygen atoms in total. The molecule has 0 radical (unpaired) electrons. The van der Waals surface area contributed by atoms with Gasteiger partial charge in [0.15, 0.2) is 12.2 Å². The minimum absolute atomic E-state index is 0.0819. The van der Waals surface area contributed by atoms with Crippen LogP contribution >= 0.6 is 0 Å². The molecular weight excluding hydrogens is 464 g/mol. The molecule has 36 heavy (non-hydrogen) atoms. The second-order valence-electron chi connectivity index (χ2n) is 9.39. The van der Waals surface area contributed by atoms with E-state index in [9.17, 15) is 14.4 Å². The van der Waals surface area contributed by atoms with Crippen LogP contribution in [-0.2, 0) is 25.7 Å². The first kappa shape index (κ1) is 24.3. The van der Waals surface area contributed by atoms with E-state index in [-0.39, 0.29) is 6.61 Å². The molecule has 0 aromatic heterocycles. The maximum Gasteiger partial charge on any atom is 0.328 e. The number of carbonyl (C=O) groups is 3. The zero-order valence-corrected chi connectivity index (χ0v) is 20.7. The van der Waals surface area contributed by atoms with Crippen molar-refractivity contribution in [1.29, 1.82) is 0 Å². The molecule has 0 aliphatic carbocycles. The summed E-state index contributed by atoms with van der Waals surface area (Å²) in [7, 11) is 1.61. The third-order valence-electron chi connectivity index (χ3n) is 6.99. The highest BCUT2D eigenvalue weighted by atomic mass is 16.5. The summed E-state index contributed by atoms with van der Waals surface area (Å²) in [6, 6.07) is 8.01. The van der Waals surface area contributed by atoms with E-state index in [4.69, 9.17) is 14.5 Å². The van der Waals surface area contributed by atoms with Gasteiger partial charge in [0.05, 0.1) is 13.2 Å². The molecule has 2 atom stereocenters. The van der Waals surface area contributed by atoms with Gasteiger partial charge in [-0.1, -0.05) is 30.3 Å². The van der Waals surface area contributed by atoms with Gasteiger partial charge in [-0.3, -0.25) is 19.4 Å². The van der Waals surface area contributed by atoms with E-state index in [0.29, 0.717) is 5.96 Å². The van der Waals surface area contributed by atoms with E-state index in [1.54, 1.807) is 7.05 Å². The molecule has 2 fully saturated rings. The van der Waals surface area contributed by atoms with Crippen molar-refractivity contribution < 1.29 is 23.9 Å². The van der Waals surface area contributed by atoms with Crippen LogP contribution in [0.1, 0.15) is 18.9 Å². The maximum atomic E-state index is 13.4. The Morgan fingerprint density at radius 2 is 1.86 bits per heavy atom. The number of carbonyl (C=O) groups excluding carboxylic acids is 3. The second-order valence-corrected chi connectivity index (χ2v) is 9.39. The van der Waals surface area contributed by atoms with Crippen LogP contribution in [0.15, 0.2) is 47.2 Å². The normalized spacial score (nSPS) is 24.1. The Labute approximate surface area is 210 Å². The molecule has 3 amide bonds. The van der Waals surface area contributed by atoms with Crippen molar-refractivity contribution in [2.75, 3.05) is 53.0 Å². The lowest BCUT2D eigenvalue weighted by Crippen LogP contribution is -2.65. The largest absolute Gasteiger partial charge is 0.459 e. The second kappa shape index (κ2) is 10.3. The van der Waals surface area contributed by atoms with Gasteiger partial charge in [-0.2, -0.15) is 0 Å². The Kier molecular flexibility index (Phi) is 6.92. The predicted octanol–water partition coefficient (Wildman–Crippen LogP) is 0.889. The number of esters is 1. The molecule has 2 unspecified atom stereocenters. The van der Waals surface area contributed by atoms with Crippen molar-refractivity contribution in [3.8, 4) is 0 Å². The number of fused-ring (bicyclic) bond motifs is 3. The Hall–Kier alpha value is -3.44. The van der Waals surface area contributed by atoms with Gasteiger partial charge in [0.1, 0.15) is 13.2 Å². The van der Waals surface area contributed by atoms with Crippen molar-refractivity contribution in [2.24, 2.45) is 4.99 Å². The number of ether oxygens (including phenoxy) is 2. The minimum atomic E-state index is -0.705. The first-order valence-corrected chi connectivity index (χ1v) is 12.3. The molecule has 0 spiro atoms. The van der Waals surface area contributed by atoms with Crippen LogP contribution < -0.4 is 0 Å². The van der Waals surface area contributed by atoms with Crippen molar-refractivity contribution in [1.82, 2.24) is 24.5 Å². The summed E-state index contributed by atoms with van der Waals surface area (Å²) in [5, 5.41) is 0. The third kappa shape index (κ3) is 4.68. The zero-order valence-electron chi connectivity index (χ0n) is 20.7. The number of hydrogen-bond donors (Lipinski definition) is 0. The first-order valence-electron chi connectivity index (χ1n) is 12.3. The van der Waals surface area contributed by atoms with E-state index in [2.05, 4.69) is 9.80 Å². The number of urea groups is 1. The van der Waals surface area contributed by atoms with Gasteiger partial charge in [-0.25, -0.2) is 9.79 Å². The predicted molar refractivity (Wildman–Crippen MR) is 130 cm³/mol. The molecule has 0 N–H and O–H groups in total. The Bertz CT molecular complexity index is 1070. The number of nitrogens with zero attached hydrogens (tertiary/aromatic N) is 6. The third-order valence-corrected chi connectivity index (χ3v) is 6.99. The van der Waals surface area contributed by atoms with Gasteiger partial charge in [0.25, 0.3) is 5.91 Å². The van der Waals surface area contributed by atoms with E-state index in [1.807, 2.05) is 48.4 Å². The Balaban J connectivity index is 1.22. The van der Waals surface area contributed by atoms with Crippen LogP contribution in [0, 0.1) is 0 Å². The van der Waals surface area contributed by atoms with E-state index in [1.165, 1.54) is 4.90 Å². The number of aliphatic imine (C=N–C) groups is 1. The average Bonchev–Trinajstić information content (AvgIpc) is 3.40. The molecule has 192 valence electrons. The van der Waals surface area contributed by atoms with Crippen LogP contribution in [0.25, 0.3) is 0 Å². The first-order chi connectivity index (χ1) is 17.4. The van der Waals surface area contributed by atoms with Crippen molar-refractivity contribution in [3.63, 3.8) is 0 Å². The molecule has 4 aliphatic heterocycles. The topological polar surface area (TPSA) is 98.2 Å². The van der Waals surface area contributed by atoms with Crippen LogP contribution in [0.2, 0.25) is 0 Å². The molecule has 1 aromatic rings. The number of benzene rings is 1. The number of hydrogen-bond acceptors (Lipinski definition) is 9. The van der Waals surface area contributed by atoms with Crippen LogP contribution in [-0.4, -0.2) is 114 Å². The monoisotopic (exact) mass is 496 g/mol. The SMILES string of the molecule is CC1=CN2C(=NC3C2C(=O)N(CC(=O)OCc2ccccc2)C(=O)N3C)N1CCCN1CCOCC1. The number of rotatable bonds is 8. The van der Waals surface area contributed by atoms with Gasteiger partial charge in [-0.15, -0.1) is 0 Å². The highest BCUT2D eigenvalue weighted by Gasteiger charge is 2.54.